The number of ether oxygens (including phenoxy) is 1. The maximum Gasteiger partial charge on any atom is 0.323 e. The van der Waals surface area contributed by atoms with E-state index in [9.17, 15) is 4.79 Å². The minimum atomic E-state index is -0.110. The van der Waals surface area contributed by atoms with E-state index in [4.69, 9.17) is 4.74 Å². The second kappa shape index (κ2) is 4.45. The van der Waals surface area contributed by atoms with Gasteiger partial charge in [0.15, 0.2) is 0 Å². The van der Waals surface area contributed by atoms with Gasteiger partial charge >= 0.3 is 5.97 Å². The number of rotatable bonds is 2. The van der Waals surface area contributed by atoms with Gasteiger partial charge in [0.1, 0.15) is 6.04 Å². The van der Waals surface area contributed by atoms with Crippen molar-refractivity contribution in [1.82, 2.24) is 5.32 Å². The van der Waals surface area contributed by atoms with E-state index in [2.05, 4.69) is 12.2 Å². The number of hydrogen-bond donors (Lipinski definition) is 1. The van der Waals surface area contributed by atoms with Gasteiger partial charge in [0.25, 0.3) is 0 Å². The predicted molar refractivity (Wildman–Crippen MR) is 46.8 cm³/mol. The quantitative estimate of drug-likeness (QED) is 0.628. The summed E-state index contributed by atoms with van der Waals surface area (Å²) in [5.74, 6) is 0.354. The molecule has 0 aromatic carbocycles. The first-order valence-corrected chi connectivity index (χ1v) is 4.60. The summed E-state index contributed by atoms with van der Waals surface area (Å²) in [6.07, 6.45) is 3.36. The Morgan fingerprint density at radius 3 is 3.00 bits per heavy atom. The van der Waals surface area contributed by atoms with Crippen molar-refractivity contribution in [3.8, 4) is 0 Å². The molecule has 0 aromatic rings. The fourth-order valence-electron chi connectivity index (χ4n) is 1.80. The summed E-state index contributed by atoms with van der Waals surface area (Å²) in [4.78, 5) is 11.3. The molecule has 1 N–H and O–H groups in total. The minimum absolute atomic E-state index is 0.0613. The highest BCUT2D eigenvalue weighted by molar-refractivity contribution is 5.76. The Balaban J connectivity index is 2.52. The zero-order chi connectivity index (χ0) is 8.97. The van der Waals surface area contributed by atoms with Crippen LogP contribution in [0.3, 0.4) is 0 Å². The molecule has 0 bridgehead atoms. The number of esters is 1. The zero-order valence-corrected chi connectivity index (χ0v) is 7.80. The SMILES string of the molecule is CC[C@H]1CCCN[C@@H]1C(=O)OC. The van der Waals surface area contributed by atoms with Crippen molar-refractivity contribution in [3.05, 3.63) is 0 Å². The number of piperidine rings is 1. The largest absolute Gasteiger partial charge is 0.468 e. The molecule has 0 radical (unpaired) electrons. The Labute approximate surface area is 73.5 Å². The molecule has 0 amide bonds. The molecule has 0 unspecified atom stereocenters. The van der Waals surface area contributed by atoms with Crippen LogP contribution in [0, 0.1) is 5.92 Å². The van der Waals surface area contributed by atoms with Gasteiger partial charge < -0.3 is 10.1 Å². The molecule has 3 nitrogen and oxygen atoms in total. The summed E-state index contributed by atoms with van der Waals surface area (Å²) in [5, 5.41) is 3.20. The van der Waals surface area contributed by atoms with Gasteiger partial charge in [-0.2, -0.15) is 0 Å². The number of methoxy groups -OCH3 is 1. The molecule has 1 saturated heterocycles. The van der Waals surface area contributed by atoms with E-state index in [1.165, 1.54) is 13.5 Å². The van der Waals surface area contributed by atoms with E-state index < -0.39 is 0 Å². The topological polar surface area (TPSA) is 38.3 Å². The highest BCUT2D eigenvalue weighted by atomic mass is 16.5. The summed E-state index contributed by atoms with van der Waals surface area (Å²) in [7, 11) is 1.45. The minimum Gasteiger partial charge on any atom is -0.468 e. The highest BCUT2D eigenvalue weighted by Crippen LogP contribution is 2.20. The molecule has 1 fully saturated rings. The number of carbonyl (C=O) groups is 1. The summed E-state index contributed by atoms with van der Waals surface area (Å²) >= 11 is 0. The molecule has 1 aliphatic heterocycles. The van der Waals surface area contributed by atoms with Gasteiger partial charge in [-0.05, 0) is 25.3 Å². The van der Waals surface area contributed by atoms with Crippen molar-refractivity contribution in [3.63, 3.8) is 0 Å². The van der Waals surface area contributed by atoms with Gasteiger partial charge in [0.05, 0.1) is 7.11 Å². The lowest BCUT2D eigenvalue weighted by Crippen LogP contribution is -2.47. The molecular weight excluding hydrogens is 154 g/mol. The van der Waals surface area contributed by atoms with E-state index in [1.54, 1.807) is 0 Å². The summed E-state index contributed by atoms with van der Waals surface area (Å²) in [6, 6.07) is -0.0613. The van der Waals surface area contributed by atoms with Crippen LogP contribution in [-0.4, -0.2) is 25.7 Å². The molecular formula is C9H17NO2. The first-order valence-electron chi connectivity index (χ1n) is 4.60. The van der Waals surface area contributed by atoms with E-state index in [1.807, 2.05) is 0 Å². The van der Waals surface area contributed by atoms with Gasteiger partial charge in [0.2, 0.25) is 0 Å². The average Bonchev–Trinajstić information content (AvgIpc) is 2.16. The Morgan fingerprint density at radius 2 is 2.42 bits per heavy atom. The molecule has 0 aromatic heterocycles. The third kappa shape index (κ3) is 1.97. The van der Waals surface area contributed by atoms with Crippen LogP contribution in [0.25, 0.3) is 0 Å². The third-order valence-electron chi connectivity index (χ3n) is 2.57. The van der Waals surface area contributed by atoms with Gasteiger partial charge in [-0.3, -0.25) is 4.79 Å². The van der Waals surface area contributed by atoms with Crippen molar-refractivity contribution in [1.29, 1.82) is 0 Å². The number of carbonyl (C=O) groups excluding carboxylic acids is 1. The van der Waals surface area contributed by atoms with Crippen LogP contribution in [0.4, 0.5) is 0 Å². The van der Waals surface area contributed by atoms with Crippen molar-refractivity contribution < 1.29 is 9.53 Å². The fraction of sp³-hybridized carbons (Fsp3) is 0.889. The average molecular weight is 171 g/mol. The van der Waals surface area contributed by atoms with Gasteiger partial charge in [0, 0.05) is 0 Å². The van der Waals surface area contributed by atoms with E-state index in [0.29, 0.717) is 5.92 Å². The molecule has 0 saturated carbocycles. The monoisotopic (exact) mass is 171 g/mol. The molecule has 1 aliphatic rings. The van der Waals surface area contributed by atoms with Crippen LogP contribution >= 0.6 is 0 Å². The third-order valence-corrected chi connectivity index (χ3v) is 2.57. The molecule has 1 rings (SSSR count). The van der Waals surface area contributed by atoms with E-state index in [-0.39, 0.29) is 12.0 Å². The van der Waals surface area contributed by atoms with Crippen molar-refractivity contribution in [2.45, 2.75) is 32.2 Å². The lowest BCUT2D eigenvalue weighted by molar-refractivity contribution is -0.145. The van der Waals surface area contributed by atoms with Gasteiger partial charge in [-0.1, -0.05) is 13.3 Å². The maximum atomic E-state index is 11.3. The molecule has 70 valence electrons. The van der Waals surface area contributed by atoms with Crippen molar-refractivity contribution in [2.24, 2.45) is 5.92 Å². The Morgan fingerprint density at radius 1 is 1.67 bits per heavy atom. The highest BCUT2D eigenvalue weighted by Gasteiger charge is 2.29. The summed E-state index contributed by atoms with van der Waals surface area (Å²) < 4.78 is 4.72. The molecule has 0 spiro atoms. The van der Waals surface area contributed by atoms with Crippen LogP contribution < -0.4 is 5.32 Å². The molecule has 1 heterocycles. The van der Waals surface area contributed by atoms with Crippen LogP contribution in [0.5, 0.6) is 0 Å². The summed E-state index contributed by atoms with van der Waals surface area (Å²) in [5.41, 5.74) is 0. The Bertz CT molecular complexity index is 159. The predicted octanol–water partition coefficient (Wildman–Crippen LogP) is 0.938. The van der Waals surface area contributed by atoms with E-state index in [0.717, 1.165) is 19.4 Å². The van der Waals surface area contributed by atoms with Gasteiger partial charge in [-0.15, -0.1) is 0 Å². The van der Waals surface area contributed by atoms with Crippen LogP contribution in [0.2, 0.25) is 0 Å². The second-order valence-electron chi connectivity index (χ2n) is 3.27. The first kappa shape index (κ1) is 9.52. The summed E-state index contributed by atoms with van der Waals surface area (Å²) in [6.45, 7) is 3.06. The molecule has 3 heteroatoms. The smallest absolute Gasteiger partial charge is 0.323 e. The van der Waals surface area contributed by atoms with Crippen molar-refractivity contribution >= 4 is 5.97 Å². The Kier molecular flexibility index (Phi) is 3.53. The standard InChI is InChI=1S/C9H17NO2/c1-3-7-5-4-6-10-8(7)9(11)12-2/h7-8,10H,3-6H2,1-2H3/t7-,8-/m0/s1. The lowest BCUT2D eigenvalue weighted by Gasteiger charge is -2.29. The lowest BCUT2D eigenvalue weighted by atomic mass is 9.89. The fourth-order valence-corrected chi connectivity index (χ4v) is 1.80. The van der Waals surface area contributed by atoms with Crippen LogP contribution in [0.15, 0.2) is 0 Å². The maximum absolute atomic E-state index is 11.3. The normalized spacial score (nSPS) is 29.8. The van der Waals surface area contributed by atoms with Crippen LogP contribution in [0.1, 0.15) is 26.2 Å². The van der Waals surface area contributed by atoms with E-state index >= 15 is 0 Å². The second-order valence-corrected chi connectivity index (χ2v) is 3.27. The molecule has 2 atom stereocenters. The molecule has 0 aliphatic carbocycles. The Hall–Kier alpha value is -0.570. The number of hydrogen-bond acceptors (Lipinski definition) is 3. The first-order chi connectivity index (χ1) is 5.79. The zero-order valence-electron chi connectivity index (χ0n) is 7.80. The van der Waals surface area contributed by atoms with Crippen molar-refractivity contribution in [2.75, 3.05) is 13.7 Å². The van der Waals surface area contributed by atoms with Gasteiger partial charge in [-0.25, -0.2) is 0 Å². The number of nitrogens with one attached hydrogen (secondary N) is 1. The van der Waals surface area contributed by atoms with Crippen LogP contribution in [-0.2, 0) is 9.53 Å². The molecule has 12 heavy (non-hydrogen) atoms.